The largest absolute Gasteiger partial charge is 0.288 e. The van der Waals surface area contributed by atoms with Gasteiger partial charge in [-0.3, -0.25) is 4.79 Å². The number of thiophene rings is 1. The van der Waals surface area contributed by atoms with Crippen molar-refractivity contribution in [2.24, 2.45) is 0 Å². The first-order chi connectivity index (χ1) is 8.72. The van der Waals surface area contributed by atoms with E-state index >= 15 is 0 Å². The maximum atomic E-state index is 12.3. The van der Waals surface area contributed by atoms with Crippen LogP contribution >= 0.6 is 11.3 Å². The molecule has 0 saturated carbocycles. The average molecular weight is 258 g/mol. The van der Waals surface area contributed by atoms with E-state index in [1.165, 1.54) is 29.7 Å². The summed E-state index contributed by atoms with van der Waals surface area (Å²) in [6.07, 6.45) is 3.51. The fraction of sp³-hybridized carbons (Fsp3) is 0.312. The molecule has 0 aliphatic heterocycles. The second kappa shape index (κ2) is 5.96. The van der Waals surface area contributed by atoms with Crippen LogP contribution in [0.4, 0.5) is 0 Å². The first-order valence-electron chi connectivity index (χ1n) is 6.40. The third-order valence-corrected chi connectivity index (χ3v) is 4.12. The van der Waals surface area contributed by atoms with Gasteiger partial charge in [-0.1, -0.05) is 37.6 Å². The molecule has 0 aliphatic carbocycles. The van der Waals surface area contributed by atoms with Crippen LogP contribution in [0.5, 0.6) is 0 Å². The Morgan fingerprint density at radius 3 is 2.44 bits per heavy atom. The summed E-state index contributed by atoms with van der Waals surface area (Å²) < 4.78 is 0. The van der Waals surface area contributed by atoms with Gasteiger partial charge < -0.3 is 0 Å². The van der Waals surface area contributed by atoms with Crippen LogP contribution in [0.2, 0.25) is 0 Å². The normalized spacial score (nSPS) is 10.6. The van der Waals surface area contributed by atoms with E-state index in [0.29, 0.717) is 0 Å². The molecule has 1 aromatic carbocycles. The molecule has 0 aliphatic rings. The van der Waals surface area contributed by atoms with Crippen molar-refractivity contribution in [1.29, 1.82) is 0 Å². The molecule has 2 heteroatoms. The minimum atomic E-state index is 0.143. The molecule has 1 nitrogen and oxygen atoms in total. The molecule has 0 radical (unpaired) electrons. The highest BCUT2D eigenvalue weighted by molar-refractivity contribution is 7.12. The Bertz CT molecular complexity index is 522. The zero-order chi connectivity index (χ0) is 13.0. The van der Waals surface area contributed by atoms with E-state index in [0.717, 1.165) is 22.4 Å². The lowest BCUT2D eigenvalue weighted by atomic mass is 10.0. The van der Waals surface area contributed by atoms with Gasteiger partial charge in [0.2, 0.25) is 5.78 Å². The number of rotatable bonds is 5. The number of aryl methyl sites for hydroxylation is 2. The molecule has 0 saturated heterocycles. The lowest BCUT2D eigenvalue weighted by molar-refractivity contribution is 0.104. The smallest absolute Gasteiger partial charge is 0.203 e. The summed E-state index contributed by atoms with van der Waals surface area (Å²) in [6.45, 7) is 4.18. The first kappa shape index (κ1) is 13.0. The Hall–Kier alpha value is -1.41. The van der Waals surface area contributed by atoms with Gasteiger partial charge in [0.15, 0.2) is 0 Å². The molecule has 0 amide bonds. The summed E-state index contributed by atoms with van der Waals surface area (Å²) in [7, 11) is 0. The van der Waals surface area contributed by atoms with Crippen molar-refractivity contribution in [1.82, 2.24) is 0 Å². The minimum absolute atomic E-state index is 0.143. The van der Waals surface area contributed by atoms with Gasteiger partial charge in [-0.05, 0) is 42.3 Å². The second-order valence-electron chi connectivity index (χ2n) is 4.56. The minimum Gasteiger partial charge on any atom is -0.288 e. The van der Waals surface area contributed by atoms with Gasteiger partial charge in [0.05, 0.1) is 4.88 Å². The van der Waals surface area contributed by atoms with E-state index < -0.39 is 0 Å². The van der Waals surface area contributed by atoms with Crippen molar-refractivity contribution in [3.63, 3.8) is 0 Å². The van der Waals surface area contributed by atoms with Gasteiger partial charge in [0, 0.05) is 5.56 Å². The van der Waals surface area contributed by atoms with E-state index in [9.17, 15) is 4.79 Å². The Labute approximate surface area is 112 Å². The molecule has 1 aromatic heterocycles. The van der Waals surface area contributed by atoms with Crippen LogP contribution in [0.3, 0.4) is 0 Å². The molecule has 18 heavy (non-hydrogen) atoms. The average Bonchev–Trinajstić information content (AvgIpc) is 2.82. The summed E-state index contributed by atoms with van der Waals surface area (Å²) in [5.41, 5.74) is 3.18. The van der Waals surface area contributed by atoms with Crippen LogP contribution in [0, 0.1) is 6.92 Å². The quantitative estimate of drug-likeness (QED) is 0.715. The molecule has 94 valence electrons. The summed E-state index contributed by atoms with van der Waals surface area (Å²) in [5.74, 6) is 0.143. The van der Waals surface area contributed by atoms with Gasteiger partial charge in [-0.15, -0.1) is 11.3 Å². The van der Waals surface area contributed by atoms with Gasteiger partial charge in [0.25, 0.3) is 0 Å². The van der Waals surface area contributed by atoms with Crippen LogP contribution in [-0.4, -0.2) is 5.78 Å². The Morgan fingerprint density at radius 2 is 1.89 bits per heavy atom. The third kappa shape index (κ3) is 2.88. The maximum absolute atomic E-state index is 12.3. The van der Waals surface area contributed by atoms with Gasteiger partial charge in [0.1, 0.15) is 0 Å². The lowest BCUT2D eigenvalue weighted by Crippen LogP contribution is -2.00. The van der Waals surface area contributed by atoms with Gasteiger partial charge in [-0.25, -0.2) is 0 Å². The van der Waals surface area contributed by atoms with Crippen molar-refractivity contribution >= 4 is 17.1 Å². The van der Waals surface area contributed by atoms with Gasteiger partial charge in [-0.2, -0.15) is 0 Å². The molecule has 0 unspecified atom stereocenters. The monoisotopic (exact) mass is 258 g/mol. The summed E-state index contributed by atoms with van der Waals surface area (Å²) in [6, 6.07) is 10.0. The highest BCUT2D eigenvalue weighted by Gasteiger charge is 2.12. The predicted molar refractivity (Wildman–Crippen MR) is 77.5 cm³/mol. The number of unbranched alkanes of at least 4 members (excludes halogenated alkanes) is 1. The summed E-state index contributed by atoms with van der Waals surface area (Å²) >= 11 is 1.52. The second-order valence-corrected chi connectivity index (χ2v) is 5.48. The highest BCUT2D eigenvalue weighted by Crippen LogP contribution is 2.20. The lowest BCUT2D eigenvalue weighted by Gasteiger charge is -2.03. The zero-order valence-corrected chi connectivity index (χ0v) is 11.7. The molecule has 2 rings (SSSR count). The number of carbonyl (C=O) groups excluding carboxylic acids is 1. The Morgan fingerprint density at radius 1 is 1.17 bits per heavy atom. The Balaban J connectivity index is 2.15. The summed E-state index contributed by atoms with van der Waals surface area (Å²) in [4.78, 5) is 13.1. The predicted octanol–water partition coefficient (Wildman–Crippen LogP) is 4.63. The number of ketones is 1. The number of benzene rings is 1. The van der Waals surface area contributed by atoms with E-state index in [4.69, 9.17) is 0 Å². The fourth-order valence-corrected chi connectivity index (χ4v) is 2.83. The van der Waals surface area contributed by atoms with Gasteiger partial charge >= 0.3 is 0 Å². The molecule has 0 bridgehead atoms. The molecule has 0 spiro atoms. The first-order valence-corrected chi connectivity index (χ1v) is 7.28. The van der Waals surface area contributed by atoms with Crippen LogP contribution in [0.1, 0.15) is 46.1 Å². The van der Waals surface area contributed by atoms with E-state index in [1.807, 2.05) is 30.5 Å². The van der Waals surface area contributed by atoms with Crippen molar-refractivity contribution in [2.75, 3.05) is 0 Å². The van der Waals surface area contributed by atoms with Crippen LogP contribution in [0.15, 0.2) is 35.7 Å². The van der Waals surface area contributed by atoms with Crippen LogP contribution in [-0.2, 0) is 6.42 Å². The molecule has 2 aromatic rings. The zero-order valence-electron chi connectivity index (χ0n) is 10.9. The molecular formula is C16H18OS. The topological polar surface area (TPSA) is 17.1 Å². The fourth-order valence-electron chi connectivity index (χ4n) is 1.94. The van der Waals surface area contributed by atoms with Crippen molar-refractivity contribution in [2.45, 2.75) is 33.1 Å². The molecular weight excluding hydrogens is 240 g/mol. The Kier molecular flexibility index (Phi) is 4.32. The van der Waals surface area contributed by atoms with Crippen molar-refractivity contribution < 1.29 is 4.79 Å². The third-order valence-electron chi connectivity index (χ3n) is 3.10. The van der Waals surface area contributed by atoms with E-state index in [1.54, 1.807) is 0 Å². The van der Waals surface area contributed by atoms with Crippen molar-refractivity contribution in [3.8, 4) is 0 Å². The molecule has 0 N–H and O–H groups in total. The number of hydrogen-bond acceptors (Lipinski definition) is 2. The molecule has 0 fully saturated rings. The van der Waals surface area contributed by atoms with Crippen LogP contribution in [0.25, 0.3) is 0 Å². The maximum Gasteiger partial charge on any atom is 0.203 e. The van der Waals surface area contributed by atoms with E-state index in [2.05, 4.69) is 19.1 Å². The number of carbonyl (C=O) groups is 1. The summed E-state index contributed by atoms with van der Waals surface area (Å²) in [5, 5.41) is 1.97. The van der Waals surface area contributed by atoms with E-state index in [-0.39, 0.29) is 5.78 Å². The number of hydrogen-bond donors (Lipinski definition) is 0. The standard InChI is InChI=1S/C16H18OS/c1-3-4-5-13-6-8-14(9-7-13)15(17)16-12(2)10-11-18-16/h6-11H,3-5H2,1-2H3. The van der Waals surface area contributed by atoms with Crippen LogP contribution < -0.4 is 0 Å². The van der Waals surface area contributed by atoms with Crippen molar-refractivity contribution in [3.05, 3.63) is 57.3 Å². The highest BCUT2D eigenvalue weighted by atomic mass is 32.1. The molecule has 1 heterocycles. The molecule has 0 atom stereocenters. The SMILES string of the molecule is CCCCc1ccc(C(=O)c2sccc2C)cc1.